The van der Waals surface area contributed by atoms with Gasteiger partial charge in [-0.15, -0.1) is 0 Å². The maximum absolute atomic E-state index is 12.1. The number of ether oxygens (including phenoxy) is 1. The van der Waals surface area contributed by atoms with Gasteiger partial charge in [-0.25, -0.2) is 0 Å². The molecule has 0 aromatic heterocycles. The van der Waals surface area contributed by atoms with Gasteiger partial charge < -0.3 is 10.1 Å². The number of hydrogen-bond donors (Lipinski definition) is 1. The summed E-state index contributed by atoms with van der Waals surface area (Å²) < 4.78 is 5.07. The molecule has 0 unspecified atom stereocenters. The average molecular weight is 290 g/mol. The molecule has 0 atom stereocenters. The molecule has 4 heteroatoms. The van der Waals surface area contributed by atoms with Crippen LogP contribution in [0.4, 0.5) is 5.69 Å². The van der Waals surface area contributed by atoms with Crippen LogP contribution in [0.15, 0.2) is 42.5 Å². The maximum Gasteiger partial charge on any atom is 0.255 e. The zero-order valence-corrected chi connectivity index (χ0v) is 12.2. The Morgan fingerprint density at radius 1 is 1.20 bits per heavy atom. The molecular weight excluding hydrogens is 274 g/mol. The molecule has 0 heterocycles. The molecule has 0 aliphatic rings. The summed E-state index contributed by atoms with van der Waals surface area (Å²) in [5, 5.41) is 3.27. The molecule has 2 aromatic rings. The number of rotatable bonds is 4. The van der Waals surface area contributed by atoms with Crippen molar-refractivity contribution in [1.29, 1.82) is 0 Å². The first-order valence-electron chi connectivity index (χ1n) is 6.38. The molecule has 20 heavy (non-hydrogen) atoms. The van der Waals surface area contributed by atoms with Gasteiger partial charge in [0.15, 0.2) is 0 Å². The SMILES string of the molecule is CCc1ccc(C(=O)Nc2ccc(OC)c(Cl)c2)cc1. The van der Waals surface area contributed by atoms with Crippen LogP contribution in [0.1, 0.15) is 22.8 Å². The van der Waals surface area contributed by atoms with Crippen LogP contribution < -0.4 is 10.1 Å². The molecule has 3 nitrogen and oxygen atoms in total. The number of aryl methyl sites for hydroxylation is 1. The van der Waals surface area contributed by atoms with E-state index < -0.39 is 0 Å². The van der Waals surface area contributed by atoms with Crippen LogP contribution in [-0.4, -0.2) is 13.0 Å². The Hall–Kier alpha value is -2.00. The standard InChI is InChI=1S/C16H16ClNO2/c1-3-11-4-6-12(7-5-11)16(19)18-13-8-9-15(20-2)14(17)10-13/h4-10H,3H2,1-2H3,(H,18,19). The summed E-state index contributed by atoms with van der Waals surface area (Å²) in [4.78, 5) is 12.1. The van der Waals surface area contributed by atoms with Gasteiger partial charge in [0.05, 0.1) is 12.1 Å². The topological polar surface area (TPSA) is 38.3 Å². The summed E-state index contributed by atoms with van der Waals surface area (Å²) in [6, 6.07) is 12.7. The van der Waals surface area contributed by atoms with E-state index in [1.807, 2.05) is 24.3 Å². The first-order chi connectivity index (χ1) is 9.63. The quantitative estimate of drug-likeness (QED) is 0.917. The number of nitrogens with one attached hydrogen (secondary N) is 1. The van der Waals surface area contributed by atoms with E-state index in [0.29, 0.717) is 22.0 Å². The van der Waals surface area contributed by atoms with Gasteiger partial charge >= 0.3 is 0 Å². The molecule has 0 radical (unpaired) electrons. The monoisotopic (exact) mass is 289 g/mol. The highest BCUT2D eigenvalue weighted by Gasteiger charge is 2.07. The fourth-order valence-corrected chi connectivity index (χ4v) is 2.10. The summed E-state index contributed by atoms with van der Waals surface area (Å²) in [7, 11) is 1.55. The maximum atomic E-state index is 12.1. The van der Waals surface area contributed by atoms with E-state index in [2.05, 4.69) is 12.2 Å². The van der Waals surface area contributed by atoms with Gasteiger partial charge in [-0.2, -0.15) is 0 Å². The minimum Gasteiger partial charge on any atom is -0.495 e. The van der Waals surface area contributed by atoms with Crippen LogP contribution >= 0.6 is 11.6 Å². The van der Waals surface area contributed by atoms with Crippen molar-refractivity contribution in [2.75, 3.05) is 12.4 Å². The van der Waals surface area contributed by atoms with E-state index >= 15 is 0 Å². The van der Waals surface area contributed by atoms with Crippen LogP contribution in [0.2, 0.25) is 5.02 Å². The molecule has 1 amide bonds. The number of hydrogen-bond acceptors (Lipinski definition) is 2. The fourth-order valence-electron chi connectivity index (χ4n) is 1.84. The van der Waals surface area contributed by atoms with Gasteiger partial charge in [-0.05, 0) is 42.3 Å². The van der Waals surface area contributed by atoms with E-state index in [9.17, 15) is 4.79 Å². The summed E-state index contributed by atoms with van der Waals surface area (Å²) >= 11 is 6.02. The van der Waals surface area contributed by atoms with Gasteiger partial charge in [0.2, 0.25) is 0 Å². The lowest BCUT2D eigenvalue weighted by Gasteiger charge is -2.08. The molecule has 0 fully saturated rings. The van der Waals surface area contributed by atoms with Crippen molar-refractivity contribution < 1.29 is 9.53 Å². The highest BCUT2D eigenvalue weighted by atomic mass is 35.5. The van der Waals surface area contributed by atoms with Crippen molar-refractivity contribution in [3.8, 4) is 5.75 Å². The van der Waals surface area contributed by atoms with E-state index in [-0.39, 0.29) is 5.91 Å². The number of carbonyl (C=O) groups is 1. The van der Waals surface area contributed by atoms with Crippen LogP contribution in [-0.2, 0) is 6.42 Å². The van der Waals surface area contributed by atoms with Crippen molar-refractivity contribution in [1.82, 2.24) is 0 Å². The molecule has 0 aliphatic heterocycles. The zero-order chi connectivity index (χ0) is 14.5. The van der Waals surface area contributed by atoms with Gasteiger partial charge in [0, 0.05) is 11.3 Å². The van der Waals surface area contributed by atoms with Gasteiger partial charge in [0.1, 0.15) is 5.75 Å². The van der Waals surface area contributed by atoms with Gasteiger partial charge in [0.25, 0.3) is 5.91 Å². The number of anilines is 1. The lowest BCUT2D eigenvalue weighted by molar-refractivity contribution is 0.102. The predicted octanol–water partition coefficient (Wildman–Crippen LogP) is 4.16. The van der Waals surface area contributed by atoms with Crippen LogP contribution in [0, 0.1) is 0 Å². The average Bonchev–Trinajstić information content (AvgIpc) is 2.47. The van der Waals surface area contributed by atoms with E-state index in [4.69, 9.17) is 16.3 Å². The van der Waals surface area contributed by atoms with Gasteiger partial charge in [-0.3, -0.25) is 4.79 Å². The van der Waals surface area contributed by atoms with Crippen LogP contribution in [0.25, 0.3) is 0 Å². The van der Waals surface area contributed by atoms with Crippen molar-refractivity contribution >= 4 is 23.2 Å². The first-order valence-corrected chi connectivity index (χ1v) is 6.75. The second kappa shape index (κ2) is 6.44. The summed E-state index contributed by atoms with van der Waals surface area (Å²) in [5.41, 5.74) is 2.46. The Kier molecular flexibility index (Phi) is 4.64. The fraction of sp³-hybridized carbons (Fsp3) is 0.188. The summed E-state index contributed by atoms with van der Waals surface area (Å²) in [5.74, 6) is 0.422. The lowest BCUT2D eigenvalue weighted by atomic mass is 10.1. The summed E-state index contributed by atoms with van der Waals surface area (Å²) in [6.45, 7) is 2.08. The molecule has 2 aromatic carbocycles. The zero-order valence-electron chi connectivity index (χ0n) is 11.4. The molecular formula is C16H16ClNO2. The Morgan fingerprint density at radius 2 is 1.90 bits per heavy atom. The molecule has 0 bridgehead atoms. The number of benzene rings is 2. The van der Waals surface area contributed by atoms with Crippen LogP contribution in [0.3, 0.4) is 0 Å². The third-order valence-corrected chi connectivity index (χ3v) is 3.33. The largest absolute Gasteiger partial charge is 0.495 e. The number of methoxy groups -OCH3 is 1. The molecule has 2 rings (SSSR count). The Labute approximate surface area is 123 Å². The lowest BCUT2D eigenvalue weighted by Crippen LogP contribution is -2.11. The van der Waals surface area contributed by atoms with Gasteiger partial charge in [-0.1, -0.05) is 30.7 Å². The minimum atomic E-state index is -0.158. The minimum absolute atomic E-state index is 0.158. The second-order valence-corrected chi connectivity index (χ2v) is 4.76. The smallest absolute Gasteiger partial charge is 0.255 e. The predicted molar refractivity (Wildman–Crippen MR) is 81.8 cm³/mol. The van der Waals surface area contributed by atoms with E-state index in [1.54, 1.807) is 25.3 Å². The molecule has 0 saturated carbocycles. The van der Waals surface area contributed by atoms with Crippen molar-refractivity contribution in [2.45, 2.75) is 13.3 Å². The van der Waals surface area contributed by atoms with Crippen LogP contribution in [0.5, 0.6) is 5.75 Å². The normalized spacial score (nSPS) is 10.2. The molecule has 1 N–H and O–H groups in total. The van der Waals surface area contributed by atoms with Crippen molar-refractivity contribution in [2.24, 2.45) is 0 Å². The molecule has 104 valence electrons. The Morgan fingerprint density at radius 3 is 2.45 bits per heavy atom. The highest BCUT2D eigenvalue weighted by molar-refractivity contribution is 6.32. The van der Waals surface area contributed by atoms with Crippen molar-refractivity contribution in [3.63, 3.8) is 0 Å². The molecule has 0 spiro atoms. The van der Waals surface area contributed by atoms with Crippen molar-refractivity contribution in [3.05, 3.63) is 58.6 Å². The Balaban J connectivity index is 2.12. The number of carbonyl (C=O) groups excluding carboxylic acids is 1. The third-order valence-electron chi connectivity index (χ3n) is 3.03. The first kappa shape index (κ1) is 14.4. The van der Waals surface area contributed by atoms with E-state index in [1.165, 1.54) is 5.56 Å². The van der Waals surface area contributed by atoms with E-state index in [0.717, 1.165) is 6.42 Å². The summed E-state index contributed by atoms with van der Waals surface area (Å²) in [6.07, 6.45) is 0.954. The molecule has 0 aliphatic carbocycles. The number of halogens is 1. The number of amides is 1. The Bertz CT molecular complexity index is 608. The highest BCUT2D eigenvalue weighted by Crippen LogP contribution is 2.27. The third kappa shape index (κ3) is 3.31. The molecule has 0 saturated heterocycles. The second-order valence-electron chi connectivity index (χ2n) is 4.35.